The van der Waals surface area contributed by atoms with Crippen LogP contribution in [0.3, 0.4) is 0 Å². The second-order valence-corrected chi connectivity index (χ2v) is 4.64. The smallest absolute Gasteiger partial charge is 0.254 e. The maximum Gasteiger partial charge on any atom is 0.254 e. The fourth-order valence-corrected chi connectivity index (χ4v) is 1.48. The van der Waals surface area contributed by atoms with Gasteiger partial charge in [-0.2, -0.15) is 5.26 Å². The van der Waals surface area contributed by atoms with Crippen molar-refractivity contribution >= 4 is 17.5 Å². The van der Waals surface area contributed by atoms with Gasteiger partial charge in [-0.3, -0.25) is 4.79 Å². The van der Waals surface area contributed by atoms with Crippen LogP contribution in [0.1, 0.15) is 29.8 Å². The molecule has 0 unspecified atom stereocenters. The normalized spacial score (nSPS) is 10.8. The van der Waals surface area contributed by atoms with Crippen LogP contribution in [0.15, 0.2) is 24.3 Å². The fraction of sp³-hybridized carbons (Fsp3) is 0.385. The van der Waals surface area contributed by atoms with Crippen LogP contribution in [0.5, 0.6) is 0 Å². The first-order valence-corrected chi connectivity index (χ1v) is 5.80. The highest BCUT2D eigenvalue weighted by Gasteiger charge is 2.27. The Labute approximate surface area is 107 Å². The fourth-order valence-electron chi connectivity index (χ4n) is 1.31. The second kappa shape index (κ2) is 5.20. The standard InChI is InChI=1S/C13H15ClN2O/c1-13(2,9-15)16(3)12(17)11-6-4-5-10(7-11)8-14/h4-7H,8H2,1-3H3. The minimum atomic E-state index is -0.825. The molecule has 1 aromatic carbocycles. The van der Waals surface area contributed by atoms with Crippen LogP contribution in [-0.2, 0) is 5.88 Å². The van der Waals surface area contributed by atoms with E-state index in [1.165, 1.54) is 4.90 Å². The van der Waals surface area contributed by atoms with Gasteiger partial charge in [-0.05, 0) is 31.5 Å². The first-order valence-electron chi connectivity index (χ1n) is 5.26. The summed E-state index contributed by atoms with van der Waals surface area (Å²) in [5, 5.41) is 9.00. The van der Waals surface area contributed by atoms with Crippen molar-refractivity contribution in [2.45, 2.75) is 25.3 Å². The van der Waals surface area contributed by atoms with Crippen molar-refractivity contribution in [1.29, 1.82) is 5.26 Å². The lowest BCUT2D eigenvalue weighted by Crippen LogP contribution is -2.43. The number of halogens is 1. The van der Waals surface area contributed by atoms with Gasteiger partial charge in [0.15, 0.2) is 0 Å². The van der Waals surface area contributed by atoms with E-state index in [9.17, 15) is 4.79 Å². The number of nitriles is 1. The SMILES string of the molecule is CN(C(=O)c1cccc(CCl)c1)C(C)(C)C#N. The summed E-state index contributed by atoms with van der Waals surface area (Å²) in [6.07, 6.45) is 0. The van der Waals surface area contributed by atoms with Crippen LogP contribution in [0.25, 0.3) is 0 Å². The molecule has 0 saturated carbocycles. The number of hydrogen-bond acceptors (Lipinski definition) is 2. The van der Waals surface area contributed by atoms with Crippen molar-refractivity contribution in [3.05, 3.63) is 35.4 Å². The monoisotopic (exact) mass is 250 g/mol. The minimum Gasteiger partial charge on any atom is -0.324 e. The van der Waals surface area contributed by atoms with Gasteiger partial charge in [0.25, 0.3) is 5.91 Å². The molecular weight excluding hydrogens is 236 g/mol. The Morgan fingerprint density at radius 1 is 1.53 bits per heavy atom. The molecule has 0 spiro atoms. The van der Waals surface area contributed by atoms with Gasteiger partial charge in [-0.1, -0.05) is 12.1 Å². The molecule has 1 amide bonds. The zero-order valence-corrected chi connectivity index (χ0v) is 11.0. The summed E-state index contributed by atoms with van der Waals surface area (Å²) in [6.45, 7) is 3.41. The Morgan fingerprint density at radius 3 is 2.71 bits per heavy atom. The molecule has 0 heterocycles. The lowest BCUT2D eigenvalue weighted by atomic mass is 10.0. The molecule has 3 nitrogen and oxygen atoms in total. The number of nitrogens with zero attached hydrogens (tertiary/aromatic N) is 2. The molecule has 0 N–H and O–H groups in total. The maximum atomic E-state index is 12.2. The summed E-state index contributed by atoms with van der Waals surface area (Å²) in [5.41, 5.74) is 0.614. The van der Waals surface area contributed by atoms with Gasteiger partial charge in [0.05, 0.1) is 6.07 Å². The van der Waals surface area contributed by atoms with E-state index in [4.69, 9.17) is 16.9 Å². The third-order valence-corrected chi connectivity index (χ3v) is 3.05. The molecule has 0 aromatic heterocycles. The summed E-state index contributed by atoms with van der Waals surface area (Å²) in [6, 6.07) is 9.22. The molecule has 1 aromatic rings. The molecule has 0 atom stereocenters. The Hall–Kier alpha value is -1.53. The van der Waals surface area contributed by atoms with E-state index >= 15 is 0 Å². The summed E-state index contributed by atoms with van der Waals surface area (Å²) < 4.78 is 0. The highest BCUT2D eigenvalue weighted by atomic mass is 35.5. The first kappa shape index (κ1) is 13.5. The molecular formula is C13H15ClN2O. The van der Waals surface area contributed by atoms with Crippen LogP contribution in [0.4, 0.5) is 0 Å². The number of benzene rings is 1. The Bertz CT molecular complexity index is 463. The molecule has 0 aliphatic rings. The van der Waals surface area contributed by atoms with E-state index in [2.05, 4.69) is 6.07 Å². The molecule has 17 heavy (non-hydrogen) atoms. The molecule has 0 fully saturated rings. The van der Waals surface area contributed by atoms with Gasteiger partial charge in [0.1, 0.15) is 5.54 Å². The maximum absolute atomic E-state index is 12.2. The zero-order valence-electron chi connectivity index (χ0n) is 10.2. The largest absolute Gasteiger partial charge is 0.324 e. The average molecular weight is 251 g/mol. The van der Waals surface area contributed by atoms with Crippen LogP contribution in [0, 0.1) is 11.3 Å². The van der Waals surface area contributed by atoms with Gasteiger partial charge in [0.2, 0.25) is 0 Å². The van der Waals surface area contributed by atoms with Gasteiger partial charge in [-0.15, -0.1) is 11.6 Å². The molecule has 0 aliphatic carbocycles. The number of rotatable bonds is 3. The van der Waals surface area contributed by atoms with Crippen molar-refractivity contribution in [2.75, 3.05) is 7.05 Å². The Morgan fingerprint density at radius 2 is 2.18 bits per heavy atom. The van der Waals surface area contributed by atoms with E-state index in [1.54, 1.807) is 39.1 Å². The van der Waals surface area contributed by atoms with Gasteiger partial charge >= 0.3 is 0 Å². The van der Waals surface area contributed by atoms with Crippen molar-refractivity contribution < 1.29 is 4.79 Å². The van der Waals surface area contributed by atoms with Crippen LogP contribution >= 0.6 is 11.6 Å². The quantitative estimate of drug-likeness (QED) is 0.775. The van der Waals surface area contributed by atoms with Gasteiger partial charge in [-0.25, -0.2) is 0 Å². The summed E-state index contributed by atoms with van der Waals surface area (Å²) in [4.78, 5) is 13.6. The number of carbonyl (C=O) groups is 1. The molecule has 1 rings (SSSR count). The van der Waals surface area contributed by atoms with E-state index in [0.29, 0.717) is 11.4 Å². The van der Waals surface area contributed by atoms with E-state index in [0.717, 1.165) is 5.56 Å². The third kappa shape index (κ3) is 2.98. The summed E-state index contributed by atoms with van der Waals surface area (Å²) in [7, 11) is 1.62. The van der Waals surface area contributed by atoms with Crippen molar-refractivity contribution in [2.24, 2.45) is 0 Å². The lowest BCUT2D eigenvalue weighted by molar-refractivity contribution is 0.0698. The first-order chi connectivity index (χ1) is 7.92. The van der Waals surface area contributed by atoms with Gasteiger partial charge < -0.3 is 4.90 Å². The highest BCUT2D eigenvalue weighted by molar-refractivity contribution is 6.17. The van der Waals surface area contributed by atoms with E-state index < -0.39 is 5.54 Å². The predicted octanol–water partition coefficient (Wildman–Crippen LogP) is 2.80. The summed E-state index contributed by atoms with van der Waals surface area (Å²) in [5.74, 6) is 0.190. The molecule has 0 aliphatic heterocycles. The third-order valence-electron chi connectivity index (χ3n) is 2.75. The molecule has 0 saturated heterocycles. The lowest BCUT2D eigenvalue weighted by Gasteiger charge is -2.29. The van der Waals surface area contributed by atoms with E-state index in [1.807, 2.05) is 6.07 Å². The van der Waals surface area contributed by atoms with Crippen molar-refractivity contribution in [3.63, 3.8) is 0 Å². The predicted molar refractivity (Wildman–Crippen MR) is 67.8 cm³/mol. The molecule has 0 radical (unpaired) electrons. The zero-order chi connectivity index (χ0) is 13.1. The van der Waals surface area contributed by atoms with Crippen molar-refractivity contribution in [3.8, 4) is 6.07 Å². The van der Waals surface area contributed by atoms with E-state index in [-0.39, 0.29) is 5.91 Å². The van der Waals surface area contributed by atoms with Gasteiger partial charge in [0, 0.05) is 18.5 Å². The Kier molecular flexibility index (Phi) is 4.14. The average Bonchev–Trinajstić information content (AvgIpc) is 2.37. The Balaban J connectivity index is 3.01. The minimum absolute atomic E-state index is 0.177. The van der Waals surface area contributed by atoms with Crippen LogP contribution in [-0.4, -0.2) is 23.4 Å². The number of hydrogen-bond donors (Lipinski definition) is 0. The number of alkyl halides is 1. The second-order valence-electron chi connectivity index (χ2n) is 4.37. The number of amides is 1. The molecule has 90 valence electrons. The topological polar surface area (TPSA) is 44.1 Å². The molecule has 4 heteroatoms. The van der Waals surface area contributed by atoms with Crippen LogP contribution < -0.4 is 0 Å². The molecule has 0 bridgehead atoms. The van der Waals surface area contributed by atoms with Crippen LogP contribution in [0.2, 0.25) is 0 Å². The van der Waals surface area contributed by atoms with Crippen molar-refractivity contribution in [1.82, 2.24) is 4.90 Å². The number of carbonyl (C=O) groups excluding carboxylic acids is 1. The highest BCUT2D eigenvalue weighted by Crippen LogP contribution is 2.16. The summed E-state index contributed by atoms with van der Waals surface area (Å²) >= 11 is 5.72.